The number of aliphatic hydroxyl groups excluding tert-OH is 1. The summed E-state index contributed by atoms with van der Waals surface area (Å²) < 4.78 is 10.8. The Labute approximate surface area is 140 Å². The Bertz CT molecular complexity index is 620. The molecule has 0 spiro atoms. The van der Waals surface area contributed by atoms with Crippen LogP contribution in [-0.4, -0.2) is 35.8 Å². The molecular formula is C18H23NO3S. The zero-order valence-electron chi connectivity index (χ0n) is 13.2. The number of hydrogen-bond donors (Lipinski definition) is 1. The second-order valence-corrected chi connectivity index (χ2v) is 7.58. The quantitative estimate of drug-likeness (QED) is 0.845. The molecule has 23 heavy (non-hydrogen) atoms. The summed E-state index contributed by atoms with van der Waals surface area (Å²) in [6.07, 6.45) is 4.94. The van der Waals surface area contributed by atoms with Crippen LogP contribution in [-0.2, 0) is 17.8 Å². The van der Waals surface area contributed by atoms with Crippen LogP contribution in [0.4, 0.5) is 0 Å². The number of furan rings is 1. The van der Waals surface area contributed by atoms with E-state index in [2.05, 4.69) is 16.3 Å². The highest BCUT2D eigenvalue weighted by Gasteiger charge is 2.40. The summed E-state index contributed by atoms with van der Waals surface area (Å²) in [5, 5.41) is 12.6. The lowest BCUT2D eigenvalue weighted by Gasteiger charge is -2.37. The van der Waals surface area contributed by atoms with Crippen LogP contribution in [0.25, 0.3) is 0 Å². The third-order valence-electron chi connectivity index (χ3n) is 4.77. The Balaban J connectivity index is 1.32. The summed E-state index contributed by atoms with van der Waals surface area (Å²) in [5.41, 5.74) is 1.51. The van der Waals surface area contributed by atoms with Gasteiger partial charge in [0.1, 0.15) is 12.4 Å². The number of thiophene rings is 1. The smallest absolute Gasteiger partial charge is 0.129 e. The minimum absolute atomic E-state index is 0.352. The molecule has 1 aliphatic heterocycles. The maximum Gasteiger partial charge on any atom is 0.129 e. The molecule has 0 amide bonds. The summed E-state index contributed by atoms with van der Waals surface area (Å²) in [5.74, 6) is 1.58. The zero-order valence-corrected chi connectivity index (χ0v) is 14.0. The summed E-state index contributed by atoms with van der Waals surface area (Å²) in [4.78, 5) is 4.01. The van der Waals surface area contributed by atoms with Gasteiger partial charge in [0.05, 0.1) is 19.0 Å². The molecule has 1 saturated carbocycles. The Kier molecular flexibility index (Phi) is 4.53. The molecule has 2 aromatic rings. The van der Waals surface area contributed by atoms with Crippen molar-refractivity contribution >= 4 is 11.3 Å². The predicted molar refractivity (Wildman–Crippen MR) is 89.4 cm³/mol. The number of fused-ring (bicyclic) bond motifs is 1. The molecule has 1 aliphatic carbocycles. The van der Waals surface area contributed by atoms with Gasteiger partial charge in [-0.05, 0) is 54.3 Å². The van der Waals surface area contributed by atoms with E-state index in [9.17, 15) is 5.11 Å². The third kappa shape index (κ3) is 3.53. The highest BCUT2D eigenvalue weighted by atomic mass is 32.1. The minimum Gasteiger partial charge on any atom is -0.467 e. The molecule has 124 valence electrons. The summed E-state index contributed by atoms with van der Waals surface area (Å²) >= 11 is 1.88. The first-order chi connectivity index (χ1) is 11.3. The van der Waals surface area contributed by atoms with Gasteiger partial charge in [0, 0.05) is 24.0 Å². The lowest BCUT2D eigenvalue weighted by molar-refractivity contribution is -0.00546. The average molecular weight is 333 g/mol. The van der Waals surface area contributed by atoms with E-state index < -0.39 is 6.10 Å². The van der Waals surface area contributed by atoms with Crippen LogP contribution in [0.15, 0.2) is 34.3 Å². The van der Waals surface area contributed by atoms with Gasteiger partial charge in [0.25, 0.3) is 0 Å². The Morgan fingerprint density at radius 2 is 2.30 bits per heavy atom. The molecule has 1 N–H and O–H groups in total. The SMILES string of the molecule is OC(COCc1ccco1)CN1CCc2sccc2C1C1CC1. The van der Waals surface area contributed by atoms with Gasteiger partial charge < -0.3 is 14.3 Å². The van der Waals surface area contributed by atoms with Crippen LogP contribution in [0, 0.1) is 5.92 Å². The van der Waals surface area contributed by atoms with Gasteiger partial charge in [-0.15, -0.1) is 11.3 Å². The van der Waals surface area contributed by atoms with E-state index in [4.69, 9.17) is 9.15 Å². The van der Waals surface area contributed by atoms with Crippen LogP contribution in [0.5, 0.6) is 0 Å². The number of rotatable bonds is 7. The van der Waals surface area contributed by atoms with Crippen molar-refractivity contribution in [1.82, 2.24) is 4.90 Å². The number of hydrogen-bond acceptors (Lipinski definition) is 5. The normalized spacial score (nSPS) is 22.9. The zero-order chi connectivity index (χ0) is 15.6. The molecule has 4 nitrogen and oxygen atoms in total. The maximum atomic E-state index is 10.4. The standard InChI is InChI=1S/C18H23NO3S/c20-14(11-21-12-15-2-1-8-22-15)10-19-7-5-17-16(6-9-23-17)18(19)13-3-4-13/h1-2,6,8-9,13-14,18,20H,3-5,7,10-12H2. The summed E-state index contributed by atoms with van der Waals surface area (Å²) in [6.45, 7) is 2.51. The number of β-amino-alcohol motifs (C(OH)–C–C–N with tert-alkyl or cyclic N) is 1. The fourth-order valence-corrected chi connectivity index (χ4v) is 4.49. The summed E-state index contributed by atoms with van der Waals surface area (Å²) in [6, 6.07) is 6.53. The lowest BCUT2D eigenvalue weighted by Crippen LogP contribution is -2.42. The van der Waals surface area contributed by atoms with Crippen LogP contribution in [0.3, 0.4) is 0 Å². The first kappa shape index (κ1) is 15.4. The van der Waals surface area contributed by atoms with E-state index in [0.717, 1.165) is 24.6 Å². The molecule has 0 saturated heterocycles. The van der Waals surface area contributed by atoms with Crippen molar-refractivity contribution in [2.75, 3.05) is 19.7 Å². The van der Waals surface area contributed by atoms with Gasteiger partial charge in [-0.3, -0.25) is 4.90 Å². The number of aliphatic hydroxyl groups is 1. The topological polar surface area (TPSA) is 45.8 Å². The molecule has 4 rings (SSSR count). The molecule has 1 fully saturated rings. The van der Waals surface area contributed by atoms with Crippen molar-refractivity contribution in [2.24, 2.45) is 5.92 Å². The van der Waals surface area contributed by atoms with Gasteiger partial charge in [-0.25, -0.2) is 0 Å². The molecule has 0 aromatic carbocycles. The Morgan fingerprint density at radius 1 is 1.39 bits per heavy atom. The molecule has 0 radical (unpaired) electrons. The van der Waals surface area contributed by atoms with Crippen molar-refractivity contribution in [3.63, 3.8) is 0 Å². The molecular weight excluding hydrogens is 310 g/mol. The van der Waals surface area contributed by atoms with E-state index in [1.807, 2.05) is 23.5 Å². The van der Waals surface area contributed by atoms with Crippen molar-refractivity contribution in [2.45, 2.75) is 38.0 Å². The first-order valence-electron chi connectivity index (χ1n) is 8.40. The van der Waals surface area contributed by atoms with Gasteiger partial charge in [0.2, 0.25) is 0 Å². The first-order valence-corrected chi connectivity index (χ1v) is 9.27. The molecule has 3 heterocycles. The molecule has 2 aliphatic rings. The molecule has 5 heteroatoms. The monoisotopic (exact) mass is 333 g/mol. The van der Waals surface area contributed by atoms with Gasteiger partial charge in [-0.2, -0.15) is 0 Å². The van der Waals surface area contributed by atoms with E-state index in [1.54, 1.807) is 11.1 Å². The van der Waals surface area contributed by atoms with Gasteiger partial charge in [-0.1, -0.05) is 0 Å². The molecule has 2 unspecified atom stereocenters. The predicted octanol–water partition coefficient (Wildman–Crippen LogP) is 3.23. The molecule has 2 atom stereocenters. The average Bonchev–Trinajstić information content (AvgIpc) is 3.05. The third-order valence-corrected chi connectivity index (χ3v) is 5.76. The van der Waals surface area contributed by atoms with E-state index in [-0.39, 0.29) is 0 Å². The Hall–Kier alpha value is -1.14. The molecule has 0 bridgehead atoms. The van der Waals surface area contributed by atoms with Crippen LogP contribution in [0.1, 0.15) is 35.1 Å². The fraction of sp³-hybridized carbons (Fsp3) is 0.556. The van der Waals surface area contributed by atoms with Crippen molar-refractivity contribution in [1.29, 1.82) is 0 Å². The Morgan fingerprint density at radius 3 is 3.09 bits per heavy atom. The van der Waals surface area contributed by atoms with Crippen LogP contribution >= 0.6 is 11.3 Å². The maximum absolute atomic E-state index is 10.4. The van der Waals surface area contributed by atoms with Crippen molar-refractivity contribution in [3.8, 4) is 0 Å². The minimum atomic E-state index is -0.452. The number of ether oxygens (including phenoxy) is 1. The van der Waals surface area contributed by atoms with E-state index in [0.29, 0.717) is 25.8 Å². The lowest BCUT2D eigenvalue weighted by atomic mass is 9.95. The highest BCUT2D eigenvalue weighted by molar-refractivity contribution is 7.10. The second-order valence-electron chi connectivity index (χ2n) is 6.57. The summed E-state index contributed by atoms with van der Waals surface area (Å²) in [7, 11) is 0. The van der Waals surface area contributed by atoms with E-state index in [1.165, 1.54) is 18.4 Å². The fourth-order valence-electron chi connectivity index (χ4n) is 3.58. The highest BCUT2D eigenvalue weighted by Crippen LogP contribution is 2.48. The van der Waals surface area contributed by atoms with Gasteiger partial charge in [0.15, 0.2) is 0 Å². The largest absolute Gasteiger partial charge is 0.467 e. The second kappa shape index (κ2) is 6.77. The van der Waals surface area contributed by atoms with Crippen LogP contribution < -0.4 is 0 Å². The van der Waals surface area contributed by atoms with E-state index >= 15 is 0 Å². The van der Waals surface area contributed by atoms with Crippen molar-refractivity contribution in [3.05, 3.63) is 46.0 Å². The van der Waals surface area contributed by atoms with Crippen molar-refractivity contribution < 1.29 is 14.3 Å². The molecule has 2 aromatic heterocycles. The van der Waals surface area contributed by atoms with Crippen LogP contribution in [0.2, 0.25) is 0 Å². The van der Waals surface area contributed by atoms with Gasteiger partial charge >= 0.3 is 0 Å². The number of nitrogens with zero attached hydrogens (tertiary/aromatic N) is 1.